The fourth-order valence-corrected chi connectivity index (χ4v) is 4.88. The van der Waals surface area contributed by atoms with Crippen molar-refractivity contribution in [2.45, 2.75) is 58.8 Å². The Labute approximate surface area is 178 Å². The van der Waals surface area contributed by atoms with Crippen LogP contribution in [0.25, 0.3) is 0 Å². The maximum absolute atomic E-state index is 12.2. The summed E-state index contributed by atoms with van der Waals surface area (Å²) < 4.78 is 23.7. The third kappa shape index (κ3) is 6.82. The predicted molar refractivity (Wildman–Crippen MR) is 122 cm³/mol. The summed E-state index contributed by atoms with van der Waals surface area (Å²) in [6, 6.07) is 0.452. The second kappa shape index (κ2) is 11.0. The SMILES string of the molecule is CCN(CC)C(CNC(=NC)N1CCS(=O)(=O)C(C)(C)C1)CC(C)C.I. The van der Waals surface area contributed by atoms with Crippen molar-refractivity contribution in [3.05, 3.63) is 0 Å². The van der Waals surface area contributed by atoms with Crippen molar-refractivity contribution >= 4 is 39.8 Å². The van der Waals surface area contributed by atoms with Gasteiger partial charge in [-0.1, -0.05) is 27.7 Å². The van der Waals surface area contributed by atoms with E-state index in [4.69, 9.17) is 0 Å². The second-order valence-electron chi connectivity index (χ2n) is 7.93. The van der Waals surface area contributed by atoms with Crippen LogP contribution in [0, 0.1) is 5.92 Å². The van der Waals surface area contributed by atoms with Gasteiger partial charge < -0.3 is 10.2 Å². The molecular weight excluding hydrogens is 463 g/mol. The van der Waals surface area contributed by atoms with Crippen molar-refractivity contribution in [2.24, 2.45) is 10.9 Å². The Balaban J connectivity index is 0.00000625. The van der Waals surface area contributed by atoms with Crippen LogP contribution in [0.2, 0.25) is 0 Å². The van der Waals surface area contributed by atoms with E-state index in [9.17, 15) is 8.42 Å². The summed E-state index contributed by atoms with van der Waals surface area (Å²) in [5.41, 5.74) is 0. The summed E-state index contributed by atoms with van der Waals surface area (Å²) in [4.78, 5) is 8.96. The van der Waals surface area contributed by atoms with Crippen LogP contribution in [0.15, 0.2) is 4.99 Å². The minimum absolute atomic E-state index is 0. The minimum Gasteiger partial charge on any atom is -0.355 e. The van der Waals surface area contributed by atoms with Gasteiger partial charge in [-0.3, -0.25) is 9.89 Å². The zero-order valence-electron chi connectivity index (χ0n) is 17.6. The fraction of sp³-hybridized carbons (Fsp3) is 0.944. The first-order valence-electron chi connectivity index (χ1n) is 9.49. The highest BCUT2D eigenvalue weighted by molar-refractivity contribution is 14.0. The Morgan fingerprint density at radius 1 is 1.27 bits per heavy atom. The summed E-state index contributed by atoms with van der Waals surface area (Å²) in [5, 5.41) is 3.50. The van der Waals surface area contributed by atoms with Crippen LogP contribution in [0.4, 0.5) is 0 Å². The predicted octanol–water partition coefficient (Wildman–Crippen LogP) is 2.45. The van der Waals surface area contributed by atoms with Crippen LogP contribution in [-0.2, 0) is 9.84 Å². The lowest BCUT2D eigenvalue weighted by Gasteiger charge is -2.40. The molecule has 0 aromatic carbocycles. The molecule has 1 fully saturated rings. The van der Waals surface area contributed by atoms with Gasteiger partial charge in [-0.15, -0.1) is 24.0 Å². The van der Waals surface area contributed by atoms with Crippen LogP contribution < -0.4 is 5.32 Å². The van der Waals surface area contributed by atoms with Gasteiger partial charge in [0.25, 0.3) is 0 Å². The molecule has 1 atom stereocenters. The third-order valence-electron chi connectivity index (χ3n) is 5.12. The molecule has 1 aliphatic rings. The molecule has 0 bridgehead atoms. The lowest BCUT2D eigenvalue weighted by atomic mass is 10.0. The molecule has 8 heteroatoms. The molecule has 1 aliphatic heterocycles. The van der Waals surface area contributed by atoms with E-state index in [1.807, 2.05) is 0 Å². The summed E-state index contributed by atoms with van der Waals surface area (Å²) in [6.07, 6.45) is 1.13. The summed E-state index contributed by atoms with van der Waals surface area (Å²) in [5.74, 6) is 1.63. The molecular formula is C18H39IN4O2S. The Hall–Kier alpha value is -0.0900. The summed E-state index contributed by atoms with van der Waals surface area (Å²) in [7, 11) is -1.27. The molecule has 0 aromatic rings. The average Bonchev–Trinajstić information content (AvgIpc) is 2.51. The molecule has 0 aliphatic carbocycles. The van der Waals surface area contributed by atoms with E-state index in [0.29, 0.717) is 25.0 Å². The zero-order valence-corrected chi connectivity index (χ0v) is 20.7. The van der Waals surface area contributed by atoms with Gasteiger partial charge in [-0.25, -0.2) is 8.42 Å². The minimum atomic E-state index is -3.04. The maximum atomic E-state index is 12.2. The lowest BCUT2D eigenvalue weighted by Crippen LogP contribution is -2.58. The molecule has 0 amide bonds. The number of halogens is 1. The highest BCUT2D eigenvalue weighted by Crippen LogP contribution is 2.23. The Bertz CT molecular complexity index is 545. The summed E-state index contributed by atoms with van der Waals surface area (Å²) >= 11 is 0. The van der Waals surface area contributed by atoms with Gasteiger partial charge in [-0.2, -0.15) is 0 Å². The number of nitrogens with zero attached hydrogens (tertiary/aromatic N) is 3. The molecule has 1 saturated heterocycles. The molecule has 6 nitrogen and oxygen atoms in total. The van der Waals surface area contributed by atoms with E-state index < -0.39 is 14.6 Å². The number of likely N-dealkylation sites (N-methyl/N-ethyl adjacent to an activating group) is 1. The first-order valence-corrected chi connectivity index (χ1v) is 11.1. The Morgan fingerprint density at radius 3 is 2.27 bits per heavy atom. The van der Waals surface area contributed by atoms with Crippen molar-refractivity contribution in [1.82, 2.24) is 15.1 Å². The molecule has 1 heterocycles. The molecule has 26 heavy (non-hydrogen) atoms. The number of guanidine groups is 1. The second-order valence-corrected chi connectivity index (χ2v) is 10.7. The van der Waals surface area contributed by atoms with E-state index in [1.54, 1.807) is 20.9 Å². The van der Waals surface area contributed by atoms with E-state index in [-0.39, 0.29) is 29.7 Å². The number of sulfone groups is 1. The van der Waals surface area contributed by atoms with Gasteiger partial charge in [0, 0.05) is 32.7 Å². The van der Waals surface area contributed by atoms with Crippen LogP contribution in [0.5, 0.6) is 0 Å². The van der Waals surface area contributed by atoms with Gasteiger partial charge in [-0.05, 0) is 39.3 Å². The maximum Gasteiger partial charge on any atom is 0.193 e. The highest BCUT2D eigenvalue weighted by Gasteiger charge is 2.41. The number of nitrogens with one attached hydrogen (secondary N) is 1. The van der Waals surface area contributed by atoms with Crippen molar-refractivity contribution < 1.29 is 8.42 Å². The molecule has 1 rings (SSSR count). The normalized spacial score (nSPS) is 20.8. The molecule has 156 valence electrons. The van der Waals surface area contributed by atoms with E-state index >= 15 is 0 Å². The van der Waals surface area contributed by atoms with Crippen molar-refractivity contribution in [3.8, 4) is 0 Å². The number of hydrogen-bond acceptors (Lipinski definition) is 4. The fourth-order valence-electron chi connectivity index (χ4n) is 3.51. The van der Waals surface area contributed by atoms with E-state index in [0.717, 1.165) is 32.0 Å². The molecule has 1 N–H and O–H groups in total. The van der Waals surface area contributed by atoms with Gasteiger partial charge in [0.2, 0.25) is 0 Å². The van der Waals surface area contributed by atoms with Gasteiger partial charge >= 0.3 is 0 Å². The number of aliphatic imine (C=N–C) groups is 1. The molecule has 0 saturated carbocycles. The topological polar surface area (TPSA) is 65.0 Å². The quantitative estimate of drug-likeness (QED) is 0.329. The van der Waals surface area contributed by atoms with Crippen LogP contribution in [-0.4, -0.2) is 80.5 Å². The molecule has 0 radical (unpaired) electrons. The van der Waals surface area contributed by atoms with Gasteiger partial charge in [0.15, 0.2) is 15.8 Å². The highest BCUT2D eigenvalue weighted by atomic mass is 127. The van der Waals surface area contributed by atoms with Gasteiger partial charge in [0.1, 0.15) is 0 Å². The van der Waals surface area contributed by atoms with Crippen molar-refractivity contribution in [1.29, 1.82) is 0 Å². The first-order chi connectivity index (χ1) is 11.6. The third-order valence-corrected chi connectivity index (χ3v) is 7.66. The lowest BCUT2D eigenvalue weighted by molar-refractivity contribution is 0.190. The monoisotopic (exact) mass is 502 g/mol. The van der Waals surface area contributed by atoms with Crippen molar-refractivity contribution in [2.75, 3.05) is 45.5 Å². The standard InChI is InChI=1S/C18H38N4O2S.HI/c1-8-21(9-2)16(12-15(3)4)13-20-17(19-7)22-10-11-25(23,24)18(5,6)14-22;/h15-16H,8-14H2,1-7H3,(H,19,20);1H. The Kier molecular flexibility index (Phi) is 11.0. The number of hydrogen-bond donors (Lipinski definition) is 1. The summed E-state index contributed by atoms with van der Waals surface area (Å²) in [6.45, 7) is 16.4. The van der Waals surface area contributed by atoms with E-state index in [2.05, 4.69) is 47.8 Å². The van der Waals surface area contributed by atoms with Crippen LogP contribution >= 0.6 is 24.0 Å². The van der Waals surface area contributed by atoms with Crippen LogP contribution in [0.1, 0.15) is 48.0 Å². The molecule has 0 spiro atoms. The smallest absolute Gasteiger partial charge is 0.193 e. The number of rotatable bonds is 7. The average molecular weight is 503 g/mol. The first kappa shape index (κ1) is 25.9. The molecule has 1 unspecified atom stereocenters. The largest absolute Gasteiger partial charge is 0.355 e. The van der Waals surface area contributed by atoms with Crippen molar-refractivity contribution in [3.63, 3.8) is 0 Å². The van der Waals surface area contributed by atoms with Crippen LogP contribution in [0.3, 0.4) is 0 Å². The van der Waals surface area contributed by atoms with Gasteiger partial charge in [0.05, 0.1) is 10.5 Å². The zero-order chi connectivity index (χ0) is 19.3. The molecule has 0 aromatic heterocycles. The Morgan fingerprint density at radius 2 is 1.85 bits per heavy atom. The van der Waals surface area contributed by atoms with E-state index in [1.165, 1.54) is 0 Å².